The van der Waals surface area contributed by atoms with Crippen LogP contribution in [0.5, 0.6) is 5.75 Å². The van der Waals surface area contributed by atoms with Crippen molar-refractivity contribution in [2.75, 3.05) is 31.5 Å². The number of aryl methyl sites for hydroxylation is 2. The van der Waals surface area contributed by atoms with Crippen LogP contribution in [-0.4, -0.2) is 68.0 Å². The van der Waals surface area contributed by atoms with E-state index in [1.807, 2.05) is 60.7 Å². The zero-order valence-electron chi connectivity index (χ0n) is 29.9. The molecule has 2 bridgehead atoms. The molecule has 54 heavy (non-hydrogen) atoms. The van der Waals surface area contributed by atoms with Gasteiger partial charge in [-0.15, -0.1) is 0 Å². The normalized spacial score (nSPS) is 18.6. The van der Waals surface area contributed by atoms with Crippen LogP contribution in [0.1, 0.15) is 42.1 Å². The van der Waals surface area contributed by atoms with Crippen molar-refractivity contribution >= 4 is 33.7 Å². The third-order valence-corrected chi connectivity index (χ3v) is 10.9. The Hall–Kier alpha value is -5.69. The lowest BCUT2D eigenvalue weighted by atomic mass is 9.86. The lowest BCUT2D eigenvalue weighted by Crippen LogP contribution is -2.52. The van der Waals surface area contributed by atoms with E-state index in [0.717, 1.165) is 65.8 Å². The Morgan fingerprint density at radius 2 is 1.74 bits per heavy atom. The maximum atomic E-state index is 13.2. The molecule has 0 unspecified atom stereocenters. The second-order valence-electron chi connectivity index (χ2n) is 14.4. The molecule has 12 nitrogen and oxygen atoms in total. The van der Waals surface area contributed by atoms with Crippen LogP contribution >= 0.6 is 0 Å². The van der Waals surface area contributed by atoms with Gasteiger partial charge >= 0.3 is 11.8 Å². The first-order valence-corrected chi connectivity index (χ1v) is 18.6. The number of nitrogens with one attached hydrogen (secondary N) is 4. The van der Waals surface area contributed by atoms with Crippen molar-refractivity contribution in [1.29, 1.82) is 0 Å². The average molecular weight is 729 g/mol. The molecule has 9 rings (SSSR count). The number of piperidine rings is 3. The molecule has 278 valence electrons. The summed E-state index contributed by atoms with van der Waals surface area (Å²) in [6.07, 6.45) is 2.16. The Morgan fingerprint density at radius 3 is 2.54 bits per heavy atom. The zero-order chi connectivity index (χ0) is 37.2. The molecule has 0 saturated carbocycles. The first kappa shape index (κ1) is 35.3. The summed E-state index contributed by atoms with van der Waals surface area (Å²) in [7, 11) is 0. The van der Waals surface area contributed by atoms with Gasteiger partial charge in [0.25, 0.3) is 0 Å². The molecular weight excluding hydrogens is 684 g/mol. The van der Waals surface area contributed by atoms with Crippen molar-refractivity contribution in [3.63, 3.8) is 0 Å². The second kappa shape index (κ2) is 15.3. The number of pyridine rings is 1. The number of aromatic hydroxyl groups is 1. The smallest absolute Gasteiger partial charge is 0.411 e. The summed E-state index contributed by atoms with van der Waals surface area (Å²) < 4.78 is 7.71. The Balaban J connectivity index is 0.901. The number of carbonyl (C=O) groups is 1. The molecule has 0 spiro atoms. The molecule has 3 aliphatic heterocycles. The number of rotatable bonds is 12. The first-order valence-electron chi connectivity index (χ1n) is 18.6. The van der Waals surface area contributed by atoms with Gasteiger partial charge in [0.1, 0.15) is 11.9 Å². The minimum atomic E-state index is -0.881. The van der Waals surface area contributed by atoms with Crippen molar-refractivity contribution in [2.24, 2.45) is 5.92 Å². The second-order valence-corrected chi connectivity index (χ2v) is 14.4. The van der Waals surface area contributed by atoms with Gasteiger partial charge in [0.2, 0.25) is 5.56 Å². The lowest BCUT2D eigenvalue weighted by Gasteiger charge is -2.43. The maximum absolute atomic E-state index is 13.2. The van der Waals surface area contributed by atoms with Crippen LogP contribution < -0.4 is 21.9 Å². The summed E-state index contributed by atoms with van der Waals surface area (Å²) in [5.74, 6) is 0.364. The highest BCUT2D eigenvalue weighted by molar-refractivity contribution is 5.92. The van der Waals surface area contributed by atoms with Gasteiger partial charge in [-0.25, -0.2) is 9.59 Å². The number of anilines is 1. The molecule has 0 aliphatic carbocycles. The number of phenolic OH excluding ortho intramolecular Hbond substituents is 1. The summed E-state index contributed by atoms with van der Waals surface area (Å²) in [5.41, 5.74) is 6.52. The van der Waals surface area contributed by atoms with Crippen molar-refractivity contribution in [1.82, 2.24) is 24.8 Å². The van der Waals surface area contributed by atoms with E-state index in [1.54, 1.807) is 16.7 Å². The third kappa shape index (κ3) is 7.54. The molecule has 2 aromatic heterocycles. The number of H-pyrrole nitrogens is 2. The molecular formula is C42H44N6O6. The molecule has 2 atom stereocenters. The quantitative estimate of drug-likeness (QED) is 0.0943. The van der Waals surface area contributed by atoms with Crippen LogP contribution in [0.4, 0.5) is 10.5 Å². The minimum Gasteiger partial charge on any atom is -0.506 e. The number of ether oxygens (including phenoxy) is 1. The van der Waals surface area contributed by atoms with Gasteiger partial charge in [-0.05, 0) is 97.3 Å². The molecule has 4 aromatic carbocycles. The van der Waals surface area contributed by atoms with E-state index in [1.165, 1.54) is 12.1 Å². The van der Waals surface area contributed by atoms with Crippen LogP contribution in [0.2, 0.25) is 0 Å². The van der Waals surface area contributed by atoms with Crippen LogP contribution in [0.25, 0.3) is 33.1 Å². The average Bonchev–Trinajstić information content (AvgIpc) is 3.49. The van der Waals surface area contributed by atoms with E-state index in [4.69, 9.17) is 4.74 Å². The van der Waals surface area contributed by atoms with E-state index in [-0.39, 0.29) is 35.2 Å². The molecule has 6 N–H and O–H groups in total. The van der Waals surface area contributed by atoms with Gasteiger partial charge in [0.15, 0.2) is 0 Å². The lowest BCUT2D eigenvalue weighted by molar-refractivity contribution is -0.0289. The largest absolute Gasteiger partial charge is 0.506 e. The number of aliphatic hydroxyl groups is 1. The number of benzene rings is 4. The number of amides is 1. The van der Waals surface area contributed by atoms with Crippen molar-refractivity contribution in [2.45, 2.75) is 51.0 Å². The topological polar surface area (TPSA) is 165 Å². The van der Waals surface area contributed by atoms with Gasteiger partial charge in [-0.3, -0.25) is 19.6 Å². The van der Waals surface area contributed by atoms with Crippen molar-refractivity contribution in [3.8, 4) is 16.9 Å². The monoisotopic (exact) mass is 728 g/mol. The van der Waals surface area contributed by atoms with E-state index in [9.17, 15) is 24.6 Å². The standard InChI is InChI=1S/C42H44N6O6/c49-36-14-11-31(32-12-15-39(51)46-40(32)36)37(50)24-43-23-27-9-13-35-34(22-27)44-41(52)48(35)18-4-5-26-8-10-30(28-6-2-1-3-7-28)33(21-26)45-42(53)54-38-25-47-19-16-29(38)17-20-47/h1-3,6-15,21-22,29,37-38,43,49-50H,4-5,16-20,23-25H2,(H,44,52)(H,45,53)(H,46,51)/t37-,38-/m0/s1. The minimum absolute atomic E-state index is 0.0572. The molecule has 5 heterocycles. The number of carbonyl (C=O) groups excluding carboxylic acids is 1. The SMILES string of the molecule is O=C(Nc1cc(CCCn2c(=O)[nH]c3cc(CNC[C@H](O)c4ccc(O)c5[nH]c(=O)ccc45)ccc32)ccc1-c1ccccc1)O[C@H]1CN2CCC1CC2. The van der Waals surface area contributed by atoms with Gasteiger partial charge in [-0.1, -0.05) is 54.6 Å². The zero-order valence-corrected chi connectivity index (χ0v) is 29.9. The number of fused-ring (bicyclic) bond motifs is 5. The van der Waals surface area contributed by atoms with Crippen LogP contribution in [0.3, 0.4) is 0 Å². The number of phenols is 1. The molecule has 0 radical (unpaired) electrons. The Kier molecular flexibility index (Phi) is 10.0. The van der Waals surface area contributed by atoms with Gasteiger partial charge in [0.05, 0.1) is 28.3 Å². The first-order chi connectivity index (χ1) is 26.3. The van der Waals surface area contributed by atoms with E-state index >= 15 is 0 Å². The summed E-state index contributed by atoms with van der Waals surface area (Å²) >= 11 is 0. The fourth-order valence-electron chi connectivity index (χ4n) is 8.04. The third-order valence-electron chi connectivity index (χ3n) is 10.9. The van der Waals surface area contributed by atoms with Crippen LogP contribution in [-0.2, 0) is 24.2 Å². The van der Waals surface area contributed by atoms with Crippen LogP contribution in [0.15, 0.2) is 101 Å². The number of aromatic nitrogens is 3. The Bertz CT molecular complexity index is 2410. The van der Waals surface area contributed by atoms with Gasteiger partial charge in [0, 0.05) is 43.2 Å². The summed E-state index contributed by atoms with van der Waals surface area (Å²) in [6, 6.07) is 28.0. The highest BCUT2D eigenvalue weighted by Crippen LogP contribution is 2.33. The van der Waals surface area contributed by atoms with E-state index in [0.29, 0.717) is 48.5 Å². The van der Waals surface area contributed by atoms with Gasteiger partial charge in [-0.2, -0.15) is 0 Å². The fraction of sp³-hybridized carbons (Fsp3) is 0.310. The van der Waals surface area contributed by atoms with E-state index < -0.39 is 12.2 Å². The maximum Gasteiger partial charge on any atom is 0.411 e. The number of imidazole rings is 1. The highest BCUT2D eigenvalue weighted by Gasteiger charge is 2.36. The predicted molar refractivity (Wildman–Crippen MR) is 209 cm³/mol. The summed E-state index contributed by atoms with van der Waals surface area (Å²) in [6.45, 7) is 4.16. The summed E-state index contributed by atoms with van der Waals surface area (Å²) in [4.78, 5) is 46.0. The predicted octanol–water partition coefficient (Wildman–Crippen LogP) is 5.64. The van der Waals surface area contributed by atoms with Crippen LogP contribution in [0, 0.1) is 5.92 Å². The van der Waals surface area contributed by atoms with Crippen molar-refractivity contribution < 1.29 is 19.7 Å². The highest BCUT2D eigenvalue weighted by atomic mass is 16.6. The molecule has 3 fully saturated rings. The fourth-order valence-corrected chi connectivity index (χ4v) is 8.04. The van der Waals surface area contributed by atoms with E-state index in [2.05, 4.69) is 31.6 Å². The molecule has 3 saturated heterocycles. The Morgan fingerprint density at radius 1 is 0.926 bits per heavy atom. The molecule has 3 aliphatic rings. The Labute approximate surface area is 311 Å². The number of aliphatic hydroxyl groups excluding tert-OH is 1. The number of aromatic amines is 2. The molecule has 12 heteroatoms. The van der Waals surface area contributed by atoms with Gasteiger partial charge < -0.3 is 30.2 Å². The molecule has 6 aromatic rings. The molecule has 1 amide bonds. The number of nitrogens with zero attached hydrogens (tertiary/aromatic N) is 2. The number of hydrogen-bond donors (Lipinski definition) is 6. The number of hydrogen-bond acceptors (Lipinski definition) is 8. The van der Waals surface area contributed by atoms with Crippen molar-refractivity contribution in [3.05, 3.63) is 129 Å². The summed E-state index contributed by atoms with van der Waals surface area (Å²) in [5, 5.41) is 28.0.